The molecule has 4 heteroatoms. The van der Waals surface area contributed by atoms with E-state index in [1.165, 1.54) is 5.56 Å². The molecular formula is C17H32N2O2. The van der Waals surface area contributed by atoms with E-state index in [-0.39, 0.29) is 0 Å². The highest BCUT2D eigenvalue weighted by atomic mass is 16.5. The number of methoxy groups -OCH3 is 1. The van der Waals surface area contributed by atoms with Gasteiger partial charge in [-0.15, -0.1) is 0 Å². The summed E-state index contributed by atoms with van der Waals surface area (Å²) in [4.78, 5) is 2.46. The first-order chi connectivity index (χ1) is 10.2. The van der Waals surface area contributed by atoms with Crippen LogP contribution in [0.4, 0.5) is 0 Å². The van der Waals surface area contributed by atoms with Gasteiger partial charge >= 0.3 is 0 Å². The molecule has 0 saturated heterocycles. The molecule has 1 aromatic heterocycles. The normalized spacial score (nSPS) is 11.7. The molecule has 0 bridgehead atoms. The minimum absolute atomic E-state index is 0.590. The second kappa shape index (κ2) is 10.8. The van der Waals surface area contributed by atoms with Crippen molar-refractivity contribution in [2.45, 2.75) is 59.2 Å². The van der Waals surface area contributed by atoms with Crippen molar-refractivity contribution in [2.75, 3.05) is 26.8 Å². The van der Waals surface area contributed by atoms with Gasteiger partial charge < -0.3 is 14.5 Å². The van der Waals surface area contributed by atoms with Crippen molar-refractivity contribution in [1.82, 2.24) is 10.2 Å². The van der Waals surface area contributed by atoms with E-state index in [1.807, 2.05) is 6.26 Å². The first-order valence-corrected chi connectivity index (χ1v) is 8.25. The number of furan rings is 1. The summed E-state index contributed by atoms with van der Waals surface area (Å²) in [6.07, 6.45) is 5.35. The Morgan fingerprint density at radius 1 is 1.29 bits per heavy atom. The third-order valence-corrected chi connectivity index (χ3v) is 3.86. The number of nitrogens with zero attached hydrogens (tertiary/aromatic N) is 1. The molecular weight excluding hydrogens is 264 g/mol. The number of hydrogen-bond donors (Lipinski definition) is 1. The highest BCUT2D eigenvalue weighted by Crippen LogP contribution is 2.15. The maximum Gasteiger partial charge on any atom is 0.118 e. The Morgan fingerprint density at radius 2 is 2.05 bits per heavy atom. The van der Waals surface area contributed by atoms with E-state index in [0.29, 0.717) is 6.04 Å². The van der Waals surface area contributed by atoms with Crippen LogP contribution in [0.25, 0.3) is 0 Å². The molecule has 0 saturated carbocycles. The molecule has 0 fully saturated rings. The fraction of sp³-hybridized carbons (Fsp3) is 0.765. The van der Waals surface area contributed by atoms with Gasteiger partial charge in [-0.2, -0.15) is 0 Å². The van der Waals surface area contributed by atoms with Crippen molar-refractivity contribution in [2.24, 2.45) is 0 Å². The summed E-state index contributed by atoms with van der Waals surface area (Å²) in [6, 6.07) is 2.76. The van der Waals surface area contributed by atoms with E-state index in [9.17, 15) is 0 Å². The zero-order valence-corrected chi connectivity index (χ0v) is 14.2. The van der Waals surface area contributed by atoms with Crippen molar-refractivity contribution in [3.05, 3.63) is 23.7 Å². The van der Waals surface area contributed by atoms with Crippen LogP contribution in [0.5, 0.6) is 0 Å². The summed E-state index contributed by atoms with van der Waals surface area (Å²) in [5.74, 6) is 1.05. The average Bonchev–Trinajstić information content (AvgIpc) is 2.93. The molecule has 0 spiro atoms. The second-order valence-corrected chi connectivity index (χ2v) is 5.53. The van der Waals surface area contributed by atoms with E-state index < -0.39 is 0 Å². The second-order valence-electron chi connectivity index (χ2n) is 5.53. The lowest BCUT2D eigenvalue weighted by atomic mass is 10.1. The Hall–Kier alpha value is -0.840. The predicted molar refractivity (Wildman–Crippen MR) is 87.4 cm³/mol. The van der Waals surface area contributed by atoms with Crippen LogP contribution in [0.3, 0.4) is 0 Å². The zero-order chi connectivity index (χ0) is 15.5. The van der Waals surface area contributed by atoms with Crippen LogP contribution in [0.15, 0.2) is 16.7 Å². The lowest BCUT2D eigenvalue weighted by Crippen LogP contribution is -2.36. The van der Waals surface area contributed by atoms with Crippen LogP contribution in [-0.4, -0.2) is 37.7 Å². The molecule has 0 aromatic carbocycles. The zero-order valence-electron chi connectivity index (χ0n) is 14.2. The van der Waals surface area contributed by atoms with Crippen molar-refractivity contribution in [3.8, 4) is 0 Å². The monoisotopic (exact) mass is 296 g/mol. The molecule has 21 heavy (non-hydrogen) atoms. The van der Waals surface area contributed by atoms with Crippen LogP contribution < -0.4 is 5.32 Å². The topological polar surface area (TPSA) is 37.6 Å². The molecule has 0 aliphatic carbocycles. The molecule has 0 aliphatic heterocycles. The molecule has 1 heterocycles. The van der Waals surface area contributed by atoms with Gasteiger partial charge in [0.2, 0.25) is 0 Å². The van der Waals surface area contributed by atoms with Gasteiger partial charge in [0.15, 0.2) is 0 Å². The fourth-order valence-corrected chi connectivity index (χ4v) is 2.62. The predicted octanol–water partition coefficient (Wildman–Crippen LogP) is 3.42. The Bertz CT molecular complexity index is 361. The van der Waals surface area contributed by atoms with Crippen LogP contribution in [0.2, 0.25) is 0 Å². The van der Waals surface area contributed by atoms with Gasteiger partial charge in [0.05, 0.1) is 19.4 Å². The first-order valence-electron chi connectivity index (χ1n) is 8.25. The van der Waals surface area contributed by atoms with Crippen molar-refractivity contribution in [1.29, 1.82) is 0 Å². The van der Waals surface area contributed by atoms with E-state index in [4.69, 9.17) is 9.15 Å². The van der Waals surface area contributed by atoms with Gasteiger partial charge in [0, 0.05) is 31.8 Å². The largest absolute Gasteiger partial charge is 0.468 e. The maximum absolute atomic E-state index is 5.72. The Labute approximate surface area is 129 Å². The SMILES string of the molecule is CCCNCc1coc(CN(CCOC)C(CC)CC)c1. The summed E-state index contributed by atoms with van der Waals surface area (Å²) >= 11 is 0. The van der Waals surface area contributed by atoms with Gasteiger partial charge in [-0.25, -0.2) is 0 Å². The molecule has 0 unspecified atom stereocenters. The summed E-state index contributed by atoms with van der Waals surface area (Å²) in [7, 11) is 1.76. The summed E-state index contributed by atoms with van der Waals surface area (Å²) in [6.45, 7) is 11.2. The molecule has 122 valence electrons. The molecule has 0 aliphatic rings. The highest BCUT2D eigenvalue weighted by Gasteiger charge is 2.16. The third-order valence-electron chi connectivity index (χ3n) is 3.86. The standard InChI is InChI=1S/C17H32N2O2/c1-5-8-18-12-15-11-17(21-14-15)13-19(9-10-20-4)16(6-2)7-3/h11,14,16,18H,5-10,12-13H2,1-4H3. The Balaban J connectivity index is 2.56. The van der Waals surface area contributed by atoms with E-state index in [1.54, 1.807) is 7.11 Å². The minimum atomic E-state index is 0.590. The molecule has 4 nitrogen and oxygen atoms in total. The maximum atomic E-state index is 5.72. The van der Waals surface area contributed by atoms with Crippen LogP contribution >= 0.6 is 0 Å². The fourth-order valence-electron chi connectivity index (χ4n) is 2.62. The lowest BCUT2D eigenvalue weighted by molar-refractivity contribution is 0.104. The Morgan fingerprint density at radius 3 is 2.67 bits per heavy atom. The van der Waals surface area contributed by atoms with E-state index in [2.05, 4.69) is 37.1 Å². The third kappa shape index (κ3) is 6.64. The highest BCUT2D eigenvalue weighted by molar-refractivity contribution is 5.12. The van der Waals surface area contributed by atoms with E-state index in [0.717, 1.165) is 57.8 Å². The Kier molecular flexibility index (Phi) is 9.39. The molecule has 1 rings (SSSR count). The summed E-state index contributed by atoms with van der Waals surface area (Å²) in [5, 5.41) is 3.40. The lowest BCUT2D eigenvalue weighted by Gasteiger charge is -2.29. The van der Waals surface area contributed by atoms with Gasteiger partial charge in [-0.3, -0.25) is 4.90 Å². The molecule has 1 N–H and O–H groups in total. The van der Waals surface area contributed by atoms with Gasteiger partial charge in [0.25, 0.3) is 0 Å². The van der Waals surface area contributed by atoms with Crippen molar-refractivity contribution < 1.29 is 9.15 Å². The van der Waals surface area contributed by atoms with Crippen LogP contribution in [0, 0.1) is 0 Å². The smallest absolute Gasteiger partial charge is 0.118 e. The van der Waals surface area contributed by atoms with Gasteiger partial charge in [-0.1, -0.05) is 20.8 Å². The summed E-state index contributed by atoms with van der Waals surface area (Å²) < 4.78 is 11.0. The average molecular weight is 296 g/mol. The molecule has 0 radical (unpaired) electrons. The molecule has 0 amide bonds. The molecule has 0 atom stereocenters. The number of rotatable bonds is 12. The quantitative estimate of drug-likeness (QED) is 0.600. The number of nitrogens with one attached hydrogen (secondary N) is 1. The first kappa shape index (κ1) is 18.2. The van der Waals surface area contributed by atoms with Crippen molar-refractivity contribution >= 4 is 0 Å². The van der Waals surface area contributed by atoms with Gasteiger partial charge in [0.1, 0.15) is 5.76 Å². The summed E-state index contributed by atoms with van der Waals surface area (Å²) in [5.41, 5.74) is 1.23. The van der Waals surface area contributed by atoms with Crippen LogP contribution in [-0.2, 0) is 17.8 Å². The molecule has 1 aromatic rings. The van der Waals surface area contributed by atoms with E-state index >= 15 is 0 Å². The number of hydrogen-bond acceptors (Lipinski definition) is 4. The minimum Gasteiger partial charge on any atom is -0.468 e. The van der Waals surface area contributed by atoms with Crippen molar-refractivity contribution in [3.63, 3.8) is 0 Å². The number of ether oxygens (including phenoxy) is 1. The van der Waals surface area contributed by atoms with Gasteiger partial charge in [-0.05, 0) is 31.9 Å². The van der Waals surface area contributed by atoms with Crippen LogP contribution in [0.1, 0.15) is 51.4 Å².